The van der Waals surface area contributed by atoms with Crippen LogP contribution in [-0.4, -0.2) is 31.5 Å². The predicted molar refractivity (Wildman–Crippen MR) is 105 cm³/mol. The van der Waals surface area contributed by atoms with Crippen molar-refractivity contribution in [2.24, 2.45) is 0 Å². The van der Waals surface area contributed by atoms with Crippen LogP contribution in [0.15, 0.2) is 53.4 Å². The molecule has 0 spiro atoms. The first-order valence-electron chi connectivity index (χ1n) is 8.59. The van der Waals surface area contributed by atoms with E-state index in [-0.39, 0.29) is 11.8 Å². The molecule has 0 heterocycles. The second-order valence-corrected chi connectivity index (χ2v) is 6.32. The van der Waals surface area contributed by atoms with Gasteiger partial charge in [0.2, 0.25) is 5.91 Å². The molecule has 26 heavy (non-hydrogen) atoms. The highest BCUT2D eigenvalue weighted by molar-refractivity contribution is 7.80. The van der Waals surface area contributed by atoms with Crippen molar-refractivity contribution in [1.29, 1.82) is 0 Å². The Morgan fingerprint density at radius 1 is 1.00 bits per heavy atom. The van der Waals surface area contributed by atoms with Gasteiger partial charge in [0.05, 0.1) is 12.2 Å². The molecule has 2 amide bonds. The van der Waals surface area contributed by atoms with Crippen LogP contribution in [0.3, 0.4) is 0 Å². The highest BCUT2D eigenvalue weighted by Gasteiger charge is 2.08. The van der Waals surface area contributed by atoms with E-state index in [4.69, 9.17) is 4.74 Å². The molecule has 0 radical (unpaired) electrons. The van der Waals surface area contributed by atoms with Crippen molar-refractivity contribution in [3.63, 3.8) is 0 Å². The van der Waals surface area contributed by atoms with Gasteiger partial charge in [-0.1, -0.05) is 30.3 Å². The Hall–Kier alpha value is -2.47. The van der Waals surface area contributed by atoms with Crippen LogP contribution in [0.25, 0.3) is 0 Å². The van der Waals surface area contributed by atoms with E-state index in [1.807, 2.05) is 37.3 Å². The number of benzene rings is 2. The number of para-hydroxylation sites is 1. The number of amides is 2. The summed E-state index contributed by atoms with van der Waals surface area (Å²) >= 11 is 4.25. The molecule has 0 atom stereocenters. The average Bonchev–Trinajstić information content (AvgIpc) is 2.64. The fourth-order valence-electron chi connectivity index (χ4n) is 2.36. The van der Waals surface area contributed by atoms with Gasteiger partial charge in [-0.15, -0.1) is 12.6 Å². The van der Waals surface area contributed by atoms with Crippen LogP contribution in [-0.2, 0) is 4.79 Å². The summed E-state index contributed by atoms with van der Waals surface area (Å²) in [5, 5.41) is 5.55. The smallest absolute Gasteiger partial charge is 0.252 e. The highest BCUT2D eigenvalue weighted by Crippen LogP contribution is 2.16. The van der Waals surface area contributed by atoms with Gasteiger partial charge in [-0.05, 0) is 37.1 Å². The molecule has 2 N–H and O–H groups in total. The van der Waals surface area contributed by atoms with Gasteiger partial charge in [-0.3, -0.25) is 9.59 Å². The summed E-state index contributed by atoms with van der Waals surface area (Å²) in [6.45, 7) is 3.24. The topological polar surface area (TPSA) is 67.4 Å². The van der Waals surface area contributed by atoms with Crippen molar-refractivity contribution in [3.8, 4) is 5.75 Å². The van der Waals surface area contributed by atoms with Crippen LogP contribution in [0.2, 0.25) is 0 Å². The SMILES string of the molecule is Cc1ccccc1OCCCC(=O)NCCNC(=O)c1ccccc1S. The molecule has 0 fully saturated rings. The molecule has 0 saturated heterocycles. The van der Waals surface area contributed by atoms with E-state index in [0.29, 0.717) is 43.0 Å². The third kappa shape index (κ3) is 6.44. The lowest BCUT2D eigenvalue weighted by molar-refractivity contribution is -0.121. The summed E-state index contributed by atoms with van der Waals surface area (Å²) in [7, 11) is 0. The van der Waals surface area contributed by atoms with Crippen LogP contribution in [0, 0.1) is 6.92 Å². The lowest BCUT2D eigenvalue weighted by atomic mass is 10.2. The molecule has 0 saturated carbocycles. The number of carbonyl (C=O) groups is 2. The molecule has 138 valence electrons. The normalized spacial score (nSPS) is 10.2. The molecule has 0 aliphatic heterocycles. The minimum atomic E-state index is -0.198. The van der Waals surface area contributed by atoms with Crippen LogP contribution in [0.4, 0.5) is 0 Å². The van der Waals surface area contributed by atoms with E-state index < -0.39 is 0 Å². The molecule has 0 aliphatic carbocycles. The third-order valence-corrected chi connectivity index (χ3v) is 4.17. The number of aryl methyl sites for hydroxylation is 1. The molecular weight excluding hydrogens is 348 g/mol. The second-order valence-electron chi connectivity index (χ2n) is 5.84. The molecule has 6 heteroatoms. The van der Waals surface area contributed by atoms with Crippen molar-refractivity contribution >= 4 is 24.4 Å². The van der Waals surface area contributed by atoms with E-state index in [9.17, 15) is 9.59 Å². The maximum absolute atomic E-state index is 12.0. The Bertz CT molecular complexity index is 749. The lowest BCUT2D eigenvalue weighted by Crippen LogP contribution is -2.34. The molecule has 0 aromatic heterocycles. The summed E-state index contributed by atoms with van der Waals surface area (Å²) in [5.74, 6) is 0.596. The number of thiol groups is 1. The summed E-state index contributed by atoms with van der Waals surface area (Å²) in [6.07, 6.45) is 1.03. The van der Waals surface area contributed by atoms with Crippen molar-refractivity contribution < 1.29 is 14.3 Å². The first-order chi connectivity index (χ1) is 12.6. The van der Waals surface area contributed by atoms with Gasteiger partial charge in [-0.25, -0.2) is 0 Å². The van der Waals surface area contributed by atoms with Crippen LogP contribution >= 0.6 is 12.6 Å². The Kier molecular flexibility index (Phi) is 8.02. The van der Waals surface area contributed by atoms with Crippen LogP contribution in [0.1, 0.15) is 28.8 Å². The van der Waals surface area contributed by atoms with Gasteiger partial charge in [-0.2, -0.15) is 0 Å². The zero-order chi connectivity index (χ0) is 18.8. The van der Waals surface area contributed by atoms with Crippen LogP contribution in [0.5, 0.6) is 5.75 Å². The zero-order valence-electron chi connectivity index (χ0n) is 14.8. The number of nitrogens with one attached hydrogen (secondary N) is 2. The molecule has 2 rings (SSSR count). The van der Waals surface area contributed by atoms with E-state index in [0.717, 1.165) is 11.3 Å². The maximum atomic E-state index is 12.0. The van der Waals surface area contributed by atoms with Gasteiger partial charge in [0.25, 0.3) is 5.91 Å². The predicted octanol–water partition coefficient (Wildman–Crippen LogP) is 2.99. The summed E-state index contributed by atoms with van der Waals surface area (Å²) in [5.41, 5.74) is 1.60. The highest BCUT2D eigenvalue weighted by atomic mass is 32.1. The quantitative estimate of drug-likeness (QED) is 0.468. The fourth-order valence-corrected chi connectivity index (χ4v) is 2.62. The average molecular weight is 372 g/mol. The van der Waals surface area contributed by atoms with Gasteiger partial charge in [0, 0.05) is 24.4 Å². The monoisotopic (exact) mass is 372 g/mol. The largest absolute Gasteiger partial charge is 0.493 e. The molecule has 0 bridgehead atoms. The number of carbonyl (C=O) groups excluding carboxylic acids is 2. The maximum Gasteiger partial charge on any atom is 0.252 e. The molecule has 5 nitrogen and oxygen atoms in total. The van der Waals surface area contributed by atoms with Crippen molar-refractivity contribution in [1.82, 2.24) is 10.6 Å². The molecule has 0 unspecified atom stereocenters. The number of rotatable bonds is 9. The van der Waals surface area contributed by atoms with Crippen molar-refractivity contribution in [3.05, 3.63) is 59.7 Å². The van der Waals surface area contributed by atoms with Crippen molar-refractivity contribution in [2.75, 3.05) is 19.7 Å². The Morgan fingerprint density at radius 3 is 2.46 bits per heavy atom. The zero-order valence-corrected chi connectivity index (χ0v) is 15.7. The number of hydrogen-bond acceptors (Lipinski definition) is 4. The third-order valence-electron chi connectivity index (χ3n) is 3.78. The minimum absolute atomic E-state index is 0.0535. The first-order valence-corrected chi connectivity index (χ1v) is 9.04. The summed E-state index contributed by atoms with van der Waals surface area (Å²) in [4.78, 5) is 24.4. The van der Waals surface area contributed by atoms with Gasteiger partial charge in [0.1, 0.15) is 5.75 Å². The number of hydrogen-bond donors (Lipinski definition) is 3. The second kappa shape index (κ2) is 10.5. The van der Waals surface area contributed by atoms with E-state index in [2.05, 4.69) is 23.3 Å². The van der Waals surface area contributed by atoms with Crippen molar-refractivity contribution in [2.45, 2.75) is 24.7 Å². The Labute approximate surface area is 159 Å². The van der Waals surface area contributed by atoms with Gasteiger partial charge in [0.15, 0.2) is 0 Å². The molecule has 0 aliphatic rings. The summed E-state index contributed by atoms with van der Waals surface area (Å²) < 4.78 is 5.66. The van der Waals surface area contributed by atoms with E-state index in [1.54, 1.807) is 18.2 Å². The lowest BCUT2D eigenvalue weighted by Gasteiger charge is -2.10. The minimum Gasteiger partial charge on any atom is -0.493 e. The van der Waals surface area contributed by atoms with Crippen LogP contribution < -0.4 is 15.4 Å². The first kappa shape index (κ1) is 19.8. The Morgan fingerprint density at radius 2 is 1.69 bits per heavy atom. The Balaban J connectivity index is 1.57. The van der Waals surface area contributed by atoms with Gasteiger partial charge >= 0.3 is 0 Å². The molecular formula is C20H24N2O3S. The molecule has 2 aromatic carbocycles. The summed E-state index contributed by atoms with van der Waals surface area (Å²) in [6, 6.07) is 14.9. The number of ether oxygens (including phenoxy) is 1. The van der Waals surface area contributed by atoms with E-state index >= 15 is 0 Å². The van der Waals surface area contributed by atoms with Gasteiger partial charge < -0.3 is 15.4 Å². The fraction of sp³-hybridized carbons (Fsp3) is 0.300. The van der Waals surface area contributed by atoms with E-state index in [1.165, 1.54) is 0 Å². The standard InChI is InChI=1S/C20H24N2O3S/c1-15-7-2-4-9-17(15)25-14-6-11-19(23)21-12-13-22-20(24)16-8-3-5-10-18(16)26/h2-5,7-10,26H,6,11-14H2,1H3,(H,21,23)(H,22,24). The molecule has 2 aromatic rings.